The van der Waals surface area contributed by atoms with E-state index < -0.39 is 26.2 Å². The highest BCUT2D eigenvalue weighted by atomic mass is 32.2. The lowest BCUT2D eigenvalue weighted by Gasteiger charge is -2.26. The number of hydrogen-bond donors (Lipinski definition) is 1. The number of nitrogens with zero attached hydrogens (tertiary/aromatic N) is 1. The molecule has 0 fully saturated rings. The van der Waals surface area contributed by atoms with E-state index in [2.05, 4.69) is 5.32 Å². The van der Waals surface area contributed by atoms with Crippen LogP contribution in [0.3, 0.4) is 0 Å². The number of carbonyl (C=O) groups excluding carboxylic acids is 1. The van der Waals surface area contributed by atoms with Crippen LogP contribution < -0.4 is 5.32 Å². The Bertz CT molecular complexity index is 622. The lowest BCUT2D eigenvalue weighted by molar-refractivity contribution is -0.120. The molecule has 130 valence electrons. The highest BCUT2D eigenvalue weighted by Crippen LogP contribution is 2.18. The normalized spacial score (nSPS) is 14.8. The number of rotatable bonds is 7. The van der Waals surface area contributed by atoms with Crippen molar-refractivity contribution in [2.24, 2.45) is 0 Å². The molecule has 0 aliphatic carbocycles. The zero-order chi connectivity index (χ0) is 17.8. The fourth-order valence-electron chi connectivity index (χ4n) is 2.29. The zero-order valence-corrected chi connectivity index (χ0v) is 15.6. The lowest BCUT2D eigenvalue weighted by Crippen LogP contribution is -2.43. The molecular weight excluding hydrogens is 312 g/mol. The molecule has 0 radical (unpaired) electrons. The molecule has 1 amide bonds. The molecule has 6 heteroatoms. The molecule has 23 heavy (non-hydrogen) atoms. The van der Waals surface area contributed by atoms with Crippen molar-refractivity contribution in [1.82, 2.24) is 10.2 Å². The molecule has 0 heterocycles. The van der Waals surface area contributed by atoms with E-state index in [0.29, 0.717) is 6.54 Å². The molecule has 0 aliphatic rings. The lowest BCUT2D eigenvalue weighted by atomic mass is 10.0. The molecule has 1 rings (SSSR count). The highest BCUT2D eigenvalue weighted by Gasteiger charge is 2.31. The molecule has 0 aromatic heterocycles. The van der Waals surface area contributed by atoms with Crippen LogP contribution >= 0.6 is 0 Å². The van der Waals surface area contributed by atoms with Crippen molar-refractivity contribution in [3.05, 3.63) is 35.4 Å². The Kier molecular flexibility index (Phi) is 6.77. The van der Waals surface area contributed by atoms with Crippen LogP contribution in [0.2, 0.25) is 0 Å². The van der Waals surface area contributed by atoms with Gasteiger partial charge in [-0.2, -0.15) is 0 Å². The van der Waals surface area contributed by atoms with Crippen LogP contribution in [0.25, 0.3) is 0 Å². The summed E-state index contributed by atoms with van der Waals surface area (Å²) in [6.45, 7) is 7.02. The minimum Gasteiger partial charge on any atom is -0.353 e. The molecule has 5 nitrogen and oxygen atoms in total. The SMILES string of the molecule is Cc1ccc([C@H](CNC(=O)[C@H](C)S(=O)(=O)C(C)C)N(C)C)cc1. The van der Waals surface area contributed by atoms with Crippen LogP contribution in [-0.4, -0.2) is 50.4 Å². The second kappa shape index (κ2) is 7.93. The Hall–Kier alpha value is -1.40. The number of nitrogens with one attached hydrogen (secondary N) is 1. The van der Waals surface area contributed by atoms with Crippen LogP contribution in [-0.2, 0) is 14.6 Å². The molecule has 0 aliphatic heterocycles. The summed E-state index contributed by atoms with van der Waals surface area (Å²) in [5.74, 6) is -0.447. The maximum Gasteiger partial charge on any atom is 0.238 e. The number of benzene rings is 1. The summed E-state index contributed by atoms with van der Waals surface area (Å²) in [6, 6.07) is 8.10. The molecule has 0 saturated carbocycles. The van der Waals surface area contributed by atoms with Gasteiger partial charge in [0.05, 0.1) is 11.3 Å². The largest absolute Gasteiger partial charge is 0.353 e. The van der Waals surface area contributed by atoms with E-state index in [-0.39, 0.29) is 6.04 Å². The second-order valence-electron chi connectivity index (χ2n) is 6.42. The Labute approximate surface area is 140 Å². The van der Waals surface area contributed by atoms with E-state index in [4.69, 9.17) is 0 Å². The molecule has 0 saturated heterocycles. The number of aryl methyl sites for hydroxylation is 1. The smallest absolute Gasteiger partial charge is 0.238 e. The quantitative estimate of drug-likeness (QED) is 0.823. The predicted octanol–water partition coefficient (Wildman–Crippen LogP) is 1.93. The summed E-state index contributed by atoms with van der Waals surface area (Å²) in [6.07, 6.45) is 0. The first kappa shape index (κ1) is 19.6. The van der Waals surface area contributed by atoms with Gasteiger partial charge in [0.15, 0.2) is 9.84 Å². The minimum atomic E-state index is -3.44. The monoisotopic (exact) mass is 340 g/mol. The van der Waals surface area contributed by atoms with Gasteiger partial charge in [-0.3, -0.25) is 4.79 Å². The van der Waals surface area contributed by atoms with Gasteiger partial charge in [0, 0.05) is 6.54 Å². The topological polar surface area (TPSA) is 66.5 Å². The van der Waals surface area contributed by atoms with Gasteiger partial charge in [0.25, 0.3) is 0 Å². The standard InChI is InChI=1S/C17H28N2O3S/c1-12(2)23(21,22)14(4)17(20)18-11-16(19(5)6)15-9-7-13(3)8-10-15/h7-10,12,14,16H,11H2,1-6H3,(H,18,20)/t14-,16-/m0/s1. The van der Waals surface area contributed by atoms with Crippen molar-refractivity contribution in [3.8, 4) is 0 Å². The summed E-state index contributed by atoms with van der Waals surface area (Å²) >= 11 is 0. The van der Waals surface area contributed by atoms with Gasteiger partial charge in [0.1, 0.15) is 5.25 Å². The van der Waals surface area contributed by atoms with Crippen molar-refractivity contribution in [2.45, 2.75) is 44.2 Å². The summed E-state index contributed by atoms with van der Waals surface area (Å²) in [7, 11) is 0.431. The van der Waals surface area contributed by atoms with Crippen molar-refractivity contribution in [1.29, 1.82) is 0 Å². The first-order chi connectivity index (χ1) is 10.6. The highest BCUT2D eigenvalue weighted by molar-refractivity contribution is 7.93. The van der Waals surface area contributed by atoms with Crippen molar-refractivity contribution < 1.29 is 13.2 Å². The van der Waals surface area contributed by atoms with Crippen molar-refractivity contribution in [3.63, 3.8) is 0 Å². The Morgan fingerprint density at radius 1 is 1.13 bits per heavy atom. The van der Waals surface area contributed by atoms with E-state index >= 15 is 0 Å². The molecule has 0 unspecified atom stereocenters. The van der Waals surface area contributed by atoms with Gasteiger partial charge in [-0.1, -0.05) is 29.8 Å². The summed E-state index contributed by atoms with van der Waals surface area (Å²) in [5, 5.41) is 1.17. The predicted molar refractivity (Wildman–Crippen MR) is 94.1 cm³/mol. The van der Waals surface area contributed by atoms with Crippen molar-refractivity contribution in [2.75, 3.05) is 20.6 Å². The third-order valence-corrected chi connectivity index (χ3v) is 6.59. The van der Waals surface area contributed by atoms with E-state index in [1.54, 1.807) is 13.8 Å². The summed E-state index contributed by atoms with van der Waals surface area (Å²) < 4.78 is 24.2. The van der Waals surface area contributed by atoms with Crippen molar-refractivity contribution >= 4 is 15.7 Å². The molecule has 1 N–H and O–H groups in total. The number of sulfone groups is 1. The van der Waals surface area contributed by atoms with Crippen LogP contribution in [0.15, 0.2) is 24.3 Å². The van der Waals surface area contributed by atoms with Gasteiger partial charge >= 0.3 is 0 Å². The van der Waals surface area contributed by atoms with E-state index in [0.717, 1.165) is 5.56 Å². The van der Waals surface area contributed by atoms with Crippen LogP contribution in [0.1, 0.15) is 37.9 Å². The fourth-order valence-corrected chi connectivity index (χ4v) is 3.48. The second-order valence-corrected chi connectivity index (χ2v) is 9.24. The number of hydrogen-bond acceptors (Lipinski definition) is 4. The molecule has 1 aromatic carbocycles. The van der Waals surface area contributed by atoms with Crippen LogP contribution in [0, 0.1) is 6.92 Å². The van der Waals surface area contributed by atoms with Gasteiger partial charge in [-0.15, -0.1) is 0 Å². The Balaban J connectivity index is 2.80. The number of amides is 1. The van der Waals surface area contributed by atoms with Gasteiger partial charge < -0.3 is 10.2 Å². The van der Waals surface area contributed by atoms with E-state index in [1.807, 2.05) is 50.2 Å². The maximum atomic E-state index is 12.2. The van der Waals surface area contributed by atoms with Gasteiger partial charge in [-0.05, 0) is 47.4 Å². The van der Waals surface area contributed by atoms with Gasteiger partial charge in [-0.25, -0.2) is 8.42 Å². The minimum absolute atomic E-state index is 0.00601. The third-order valence-electron chi connectivity index (χ3n) is 4.07. The molecular formula is C17H28N2O3S. The van der Waals surface area contributed by atoms with E-state index in [9.17, 15) is 13.2 Å². The van der Waals surface area contributed by atoms with Gasteiger partial charge in [0.2, 0.25) is 5.91 Å². The number of likely N-dealkylation sites (N-methyl/N-ethyl adjacent to an activating group) is 1. The average molecular weight is 340 g/mol. The first-order valence-corrected chi connectivity index (χ1v) is 9.41. The fraction of sp³-hybridized carbons (Fsp3) is 0.588. The third kappa shape index (κ3) is 5.04. The zero-order valence-electron chi connectivity index (χ0n) is 14.8. The summed E-state index contributed by atoms with van der Waals surface area (Å²) in [5.41, 5.74) is 2.26. The molecule has 1 aromatic rings. The summed E-state index contributed by atoms with van der Waals surface area (Å²) in [4.78, 5) is 14.2. The molecule has 0 spiro atoms. The first-order valence-electron chi connectivity index (χ1n) is 7.80. The Morgan fingerprint density at radius 3 is 2.09 bits per heavy atom. The molecule has 0 bridgehead atoms. The maximum absolute atomic E-state index is 12.2. The Morgan fingerprint density at radius 2 is 1.65 bits per heavy atom. The van der Waals surface area contributed by atoms with Crippen LogP contribution in [0.5, 0.6) is 0 Å². The van der Waals surface area contributed by atoms with E-state index in [1.165, 1.54) is 12.5 Å². The molecule has 2 atom stereocenters. The average Bonchev–Trinajstić information content (AvgIpc) is 2.47. The van der Waals surface area contributed by atoms with Crippen LogP contribution in [0.4, 0.5) is 0 Å². The number of carbonyl (C=O) groups is 1.